The Hall–Kier alpha value is -2.18. The van der Waals surface area contributed by atoms with Crippen LogP contribution in [0.4, 0.5) is 0 Å². The van der Waals surface area contributed by atoms with Crippen LogP contribution in [0.1, 0.15) is 27.4 Å². The normalized spacial score (nSPS) is 10.8. The van der Waals surface area contributed by atoms with Crippen molar-refractivity contribution in [2.24, 2.45) is 0 Å². The molecule has 2 aromatic rings. The van der Waals surface area contributed by atoms with Crippen LogP contribution in [0.5, 0.6) is 0 Å². The molecule has 1 N–H and O–H groups in total. The predicted molar refractivity (Wildman–Crippen MR) is 63.4 cm³/mol. The molecule has 2 rings (SSSR count). The number of aromatic nitrogens is 5. The second-order valence-corrected chi connectivity index (χ2v) is 4.19. The van der Waals surface area contributed by atoms with Gasteiger partial charge >= 0.3 is 5.97 Å². The lowest BCUT2D eigenvalue weighted by molar-refractivity contribution is 0.0690. The Labute approximate surface area is 104 Å². The van der Waals surface area contributed by atoms with E-state index in [-0.39, 0.29) is 5.69 Å². The largest absolute Gasteiger partial charge is 0.476 e. The molecule has 0 spiro atoms. The average molecular weight is 249 g/mol. The topological polar surface area (TPSA) is 85.8 Å². The second-order valence-electron chi connectivity index (χ2n) is 4.19. The van der Waals surface area contributed by atoms with Gasteiger partial charge in [0.25, 0.3) is 0 Å². The average Bonchev–Trinajstić information content (AvgIpc) is 2.88. The summed E-state index contributed by atoms with van der Waals surface area (Å²) < 4.78 is 3.40. The molecule has 18 heavy (non-hydrogen) atoms. The van der Waals surface area contributed by atoms with Crippen molar-refractivity contribution in [2.75, 3.05) is 0 Å². The maximum absolute atomic E-state index is 10.7. The zero-order valence-electron chi connectivity index (χ0n) is 10.6. The molecular weight excluding hydrogens is 234 g/mol. The number of hydrogen-bond acceptors (Lipinski definition) is 4. The first-order valence-electron chi connectivity index (χ1n) is 5.63. The summed E-state index contributed by atoms with van der Waals surface area (Å²) in [7, 11) is 0. The van der Waals surface area contributed by atoms with E-state index in [4.69, 9.17) is 5.11 Å². The summed E-state index contributed by atoms with van der Waals surface area (Å²) in [6.07, 6.45) is 1.42. The quantitative estimate of drug-likeness (QED) is 0.866. The molecule has 0 aliphatic heterocycles. The molecule has 0 atom stereocenters. The highest BCUT2D eigenvalue weighted by Crippen LogP contribution is 2.10. The number of nitrogens with zero attached hydrogens (tertiary/aromatic N) is 5. The summed E-state index contributed by atoms with van der Waals surface area (Å²) in [5.74, 6) is -1.07. The van der Waals surface area contributed by atoms with Crippen molar-refractivity contribution in [3.63, 3.8) is 0 Å². The highest BCUT2D eigenvalue weighted by atomic mass is 16.4. The lowest BCUT2D eigenvalue weighted by Gasteiger charge is -2.04. The van der Waals surface area contributed by atoms with Crippen molar-refractivity contribution < 1.29 is 9.90 Å². The van der Waals surface area contributed by atoms with E-state index in [1.54, 1.807) is 0 Å². The van der Waals surface area contributed by atoms with E-state index >= 15 is 0 Å². The summed E-state index contributed by atoms with van der Waals surface area (Å²) in [6.45, 7) is 7.20. The lowest BCUT2D eigenvalue weighted by atomic mass is 10.2. The molecule has 0 amide bonds. The van der Waals surface area contributed by atoms with Crippen molar-refractivity contribution in [3.8, 4) is 0 Å². The Bertz CT molecular complexity index is 584. The third kappa shape index (κ3) is 2.24. The number of aryl methyl sites for hydroxylation is 3. The van der Waals surface area contributed by atoms with E-state index in [1.807, 2.05) is 25.5 Å². The van der Waals surface area contributed by atoms with E-state index in [0.29, 0.717) is 13.1 Å². The molecule has 2 aromatic heterocycles. The third-order valence-electron chi connectivity index (χ3n) is 3.04. The fourth-order valence-electron chi connectivity index (χ4n) is 1.71. The third-order valence-corrected chi connectivity index (χ3v) is 3.04. The summed E-state index contributed by atoms with van der Waals surface area (Å²) >= 11 is 0. The van der Waals surface area contributed by atoms with Gasteiger partial charge in [-0.1, -0.05) is 5.21 Å². The van der Waals surface area contributed by atoms with Crippen LogP contribution in [0, 0.1) is 20.8 Å². The van der Waals surface area contributed by atoms with Crippen molar-refractivity contribution in [2.45, 2.75) is 33.9 Å². The monoisotopic (exact) mass is 249 g/mol. The molecule has 0 fully saturated rings. The van der Waals surface area contributed by atoms with Crippen molar-refractivity contribution in [1.82, 2.24) is 24.8 Å². The van der Waals surface area contributed by atoms with Gasteiger partial charge in [0.05, 0.1) is 25.0 Å². The van der Waals surface area contributed by atoms with Crippen LogP contribution in [0.25, 0.3) is 0 Å². The van der Waals surface area contributed by atoms with Gasteiger partial charge in [-0.3, -0.25) is 4.68 Å². The molecule has 2 heterocycles. The van der Waals surface area contributed by atoms with E-state index < -0.39 is 5.97 Å². The zero-order chi connectivity index (χ0) is 13.3. The summed E-state index contributed by atoms with van der Waals surface area (Å²) in [5.41, 5.74) is 3.27. The smallest absolute Gasteiger partial charge is 0.358 e. The van der Waals surface area contributed by atoms with Crippen molar-refractivity contribution in [1.29, 1.82) is 0 Å². The number of rotatable bonds is 4. The first-order chi connectivity index (χ1) is 8.49. The van der Waals surface area contributed by atoms with Crippen LogP contribution < -0.4 is 0 Å². The van der Waals surface area contributed by atoms with Gasteiger partial charge < -0.3 is 5.11 Å². The maximum atomic E-state index is 10.7. The van der Waals surface area contributed by atoms with Crippen molar-refractivity contribution in [3.05, 3.63) is 28.8 Å². The van der Waals surface area contributed by atoms with Crippen LogP contribution in [0.3, 0.4) is 0 Å². The van der Waals surface area contributed by atoms with Crippen LogP contribution in [0.15, 0.2) is 6.20 Å². The summed E-state index contributed by atoms with van der Waals surface area (Å²) in [5, 5.41) is 20.5. The Kier molecular flexibility index (Phi) is 3.14. The van der Waals surface area contributed by atoms with E-state index in [9.17, 15) is 4.79 Å². The first-order valence-corrected chi connectivity index (χ1v) is 5.63. The molecule has 7 nitrogen and oxygen atoms in total. The van der Waals surface area contributed by atoms with Gasteiger partial charge in [-0.15, -0.1) is 5.10 Å². The van der Waals surface area contributed by atoms with Crippen LogP contribution >= 0.6 is 0 Å². The van der Waals surface area contributed by atoms with E-state index in [0.717, 1.165) is 11.4 Å². The Morgan fingerprint density at radius 3 is 2.56 bits per heavy atom. The van der Waals surface area contributed by atoms with Crippen molar-refractivity contribution >= 4 is 5.97 Å². The Balaban J connectivity index is 2.06. The molecule has 96 valence electrons. The minimum Gasteiger partial charge on any atom is -0.476 e. The van der Waals surface area contributed by atoms with Gasteiger partial charge in [0.2, 0.25) is 0 Å². The number of carboxylic acid groups (broad SMARTS) is 1. The van der Waals surface area contributed by atoms with E-state index in [1.165, 1.54) is 16.4 Å². The highest BCUT2D eigenvalue weighted by Gasteiger charge is 2.10. The highest BCUT2D eigenvalue weighted by molar-refractivity contribution is 5.84. The molecule has 0 radical (unpaired) electrons. The predicted octanol–water partition coefficient (Wildman–Crippen LogP) is 0.798. The molecule has 0 aliphatic carbocycles. The van der Waals surface area contributed by atoms with Gasteiger partial charge in [0.1, 0.15) is 0 Å². The Morgan fingerprint density at radius 1 is 1.33 bits per heavy atom. The number of aromatic carboxylic acids is 1. The van der Waals surface area contributed by atoms with E-state index in [2.05, 4.69) is 15.4 Å². The molecule has 0 saturated carbocycles. The minimum atomic E-state index is -1.07. The second kappa shape index (κ2) is 4.59. The molecule has 7 heteroatoms. The number of carboxylic acids is 1. The van der Waals surface area contributed by atoms with Gasteiger partial charge in [-0.05, 0) is 26.3 Å². The SMILES string of the molecule is Cc1nn(CCn2cc(C(=O)O)nn2)c(C)c1C. The standard InChI is InChI=1S/C11H15N5O2/c1-7-8(2)13-16(9(7)3)5-4-15-6-10(11(17)18)12-14-15/h6H,4-5H2,1-3H3,(H,17,18). The van der Waals surface area contributed by atoms with Gasteiger partial charge in [0.15, 0.2) is 5.69 Å². The van der Waals surface area contributed by atoms with Gasteiger partial charge in [-0.25, -0.2) is 9.48 Å². The first kappa shape index (κ1) is 12.3. The fraction of sp³-hybridized carbons (Fsp3) is 0.455. The summed E-state index contributed by atoms with van der Waals surface area (Å²) in [4.78, 5) is 10.7. The van der Waals surface area contributed by atoms with Gasteiger partial charge in [0, 0.05) is 5.69 Å². The molecule has 0 saturated heterocycles. The number of hydrogen-bond donors (Lipinski definition) is 1. The van der Waals surface area contributed by atoms with Gasteiger partial charge in [-0.2, -0.15) is 5.10 Å². The molecule has 0 aliphatic rings. The molecule has 0 unspecified atom stereocenters. The molecule has 0 aromatic carbocycles. The van der Waals surface area contributed by atoms with Crippen LogP contribution in [-0.2, 0) is 13.1 Å². The lowest BCUT2D eigenvalue weighted by Crippen LogP contribution is -2.10. The van der Waals surface area contributed by atoms with Crippen LogP contribution in [-0.4, -0.2) is 35.9 Å². The van der Waals surface area contributed by atoms with Crippen LogP contribution in [0.2, 0.25) is 0 Å². The summed E-state index contributed by atoms with van der Waals surface area (Å²) in [6, 6.07) is 0. The zero-order valence-corrected chi connectivity index (χ0v) is 10.6. The fourth-order valence-corrected chi connectivity index (χ4v) is 1.71. The minimum absolute atomic E-state index is 0.0421. The molecule has 0 bridgehead atoms. The Morgan fingerprint density at radius 2 is 2.06 bits per heavy atom. The number of carbonyl (C=O) groups is 1. The maximum Gasteiger partial charge on any atom is 0.358 e. The molecular formula is C11H15N5O2.